The Morgan fingerprint density at radius 1 is 1.40 bits per heavy atom. The number of halogens is 2. The van der Waals surface area contributed by atoms with Gasteiger partial charge in [-0.2, -0.15) is 0 Å². The second kappa shape index (κ2) is 4.72. The molecule has 0 aromatic heterocycles. The first-order valence-electron chi connectivity index (χ1n) is 4.21. The quantitative estimate of drug-likeness (QED) is 0.805. The monoisotopic (exact) mass is 312 g/mol. The van der Waals surface area contributed by atoms with Crippen molar-refractivity contribution in [3.63, 3.8) is 0 Å². The Balaban J connectivity index is 3.18. The Morgan fingerprint density at radius 2 is 2.00 bits per heavy atom. The lowest BCUT2D eigenvalue weighted by Crippen LogP contribution is -2.06. The van der Waals surface area contributed by atoms with Crippen LogP contribution in [0.1, 0.15) is 13.8 Å². The molecular weight excluding hydrogens is 304 g/mol. The first-order chi connectivity index (χ1) is 6.80. The van der Waals surface area contributed by atoms with Gasteiger partial charge in [-0.25, -0.2) is 8.42 Å². The van der Waals surface area contributed by atoms with E-state index in [4.69, 9.17) is 15.4 Å². The van der Waals surface area contributed by atoms with Crippen molar-refractivity contribution in [2.75, 3.05) is 0 Å². The summed E-state index contributed by atoms with van der Waals surface area (Å²) in [4.78, 5) is 0.0160. The lowest BCUT2D eigenvalue weighted by atomic mass is 10.3. The van der Waals surface area contributed by atoms with Crippen LogP contribution in [0, 0.1) is 0 Å². The summed E-state index contributed by atoms with van der Waals surface area (Å²) in [6, 6.07) is 4.66. The first kappa shape index (κ1) is 12.8. The zero-order valence-corrected chi connectivity index (χ0v) is 11.4. The van der Waals surface area contributed by atoms with E-state index in [0.717, 1.165) is 0 Å². The van der Waals surface area contributed by atoms with Crippen molar-refractivity contribution in [2.45, 2.75) is 24.8 Å². The molecule has 6 heteroatoms. The predicted octanol–water partition coefficient (Wildman–Crippen LogP) is 3.16. The summed E-state index contributed by atoms with van der Waals surface area (Å²) in [5.74, 6) is 0.479. The van der Waals surface area contributed by atoms with Crippen LogP contribution in [0.15, 0.2) is 27.6 Å². The molecule has 0 aliphatic carbocycles. The van der Waals surface area contributed by atoms with E-state index in [2.05, 4.69) is 15.9 Å². The molecule has 84 valence electrons. The van der Waals surface area contributed by atoms with Crippen molar-refractivity contribution < 1.29 is 13.2 Å². The molecule has 0 atom stereocenters. The smallest absolute Gasteiger partial charge is 0.262 e. The van der Waals surface area contributed by atoms with Crippen LogP contribution in [0.4, 0.5) is 0 Å². The van der Waals surface area contributed by atoms with E-state index < -0.39 is 9.05 Å². The molecule has 1 aromatic rings. The average Bonchev–Trinajstić information content (AvgIpc) is 2.05. The maximum absolute atomic E-state index is 11.2. The fourth-order valence-corrected chi connectivity index (χ4v) is 3.12. The summed E-state index contributed by atoms with van der Waals surface area (Å²) in [5.41, 5.74) is 0. The summed E-state index contributed by atoms with van der Waals surface area (Å²) in [6.07, 6.45) is -0.0166. The zero-order valence-electron chi connectivity index (χ0n) is 8.20. The number of benzene rings is 1. The fraction of sp³-hybridized carbons (Fsp3) is 0.333. The highest BCUT2D eigenvalue weighted by Gasteiger charge is 2.15. The van der Waals surface area contributed by atoms with Gasteiger partial charge in [-0.3, -0.25) is 0 Å². The molecule has 1 rings (SSSR count). The number of rotatable bonds is 3. The summed E-state index contributed by atoms with van der Waals surface area (Å²) in [6.45, 7) is 3.72. The van der Waals surface area contributed by atoms with Crippen molar-refractivity contribution in [2.24, 2.45) is 0 Å². The summed E-state index contributed by atoms with van der Waals surface area (Å²) >= 11 is 3.11. The standard InChI is InChI=1S/C9H10BrClO3S/c1-6(2)14-7-3-4-8(10)9(5-7)15(11,12)13/h3-6H,1-2H3. The van der Waals surface area contributed by atoms with Gasteiger partial charge in [0.2, 0.25) is 0 Å². The highest BCUT2D eigenvalue weighted by Crippen LogP contribution is 2.29. The van der Waals surface area contributed by atoms with Crippen molar-refractivity contribution in [1.29, 1.82) is 0 Å². The Bertz CT molecular complexity index is 456. The molecule has 0 bridgehead atoms. The highest BCUT2D eigenvalue weighted by atomic mass is 79.9. The normalized spacial score (nSPS) is 11.8. The zero-order chi connectivity index (χ0) is 11.6. The molecule has 0 heterocycles. The highest BCUT2D eigenvalue weighted by molar-refractivity contribution is 9.10. The van der Waals surface area contributed by atoms with Gasteiger partial charge in [0.1, 0.15) is 10.6 Å². The van der Waals surface area contributed by atoms with Gasteiger partial charge in [0.05, 0.1) is 6.10 Å². The molecule has 0 aliphatic heterocycles. The molecule has 3 nitrogen and oxygen atoms in total. The molecule has 1 aromatic carbocycles. The van der Waals surface area contributed by atoms with Crippen molar-refractivity contribution >= 4 is 35.7 Å². The molecule has 0 unspecified atom stereocenters. The molecule has 0 N–H and O–H groups in total. The maximum Gasteiger partial charge on any atom is 0.262 e. The summed E-state index contributed by atoms with van der Waals surface area (Å²) < 4.78 is 28.1. The third kappa shape index (κ3) is 3.66. The van der Waals surface area contributed by atoms with Crippen molar-refractivity contribution in [3.05, 3.63) is 22.7 Å². The van der Waals surface area contributed by atoms with Gasteiger partial charge in [0.15, 0.2) is 0 Å². The minimum Gasteiger partial charge on any atom is -0.491 e. The van der Waals surface area contributed by atoms with Gasteiger partial charge in [-0.1, -0.05) is 0 Å². The molecule has 15 heavy (non-hydrogen) atoms. The third-order valence-electron chi connectivity index (χ3n) is 1.54. The maximum atomic E-state index is 11.2. The van der Waals surface area contributed by atoms with E-state index in [1.807, 2.05) is 13.8 Å². The number of ether oxygens (including phenoxy) is 1. The lowest BCUT2D eigenvalue weighted by Gasteiger charge is -2.10. The molecule has 0 amide bonds. The topological polar surface area (TPSA) is 43.4 Å². The molecule has 0 saturated heterocycles. The lowest BCUT2D eigenvalue weighted by molar-refractivity contribution is 0.242. The largest absolute Gasteiger partial charge is 0.491 e. The first-order valence-corrected chi connectivity index (χ1v) is 7.32. The van der Waals surface area contributed by atoms with Crippen LogP contribution >= 0.6 is 26.6 Å². The van der Waals surface area contributed by atoms with E-state index >= 15 is 0 Å². The molecule has 0 radical (unpaired) electrons. The van der Waals surface area contributed by atoms with Gasteiger partial charge in [0, 0.05) is 21.2 Å². The minimum absolute atomic E-state index is 0.0160. The van der Waals surface area contributed by atoms with Crippen LogP contribution < -0.4 is 4.74 Å². The van der Waals surface area contributed by atoms with Gasteiger partial charge >= 0.3 is 0 Å². The van der Waals surface area contributed by atoms with Gasteiger partial charge in [-0.05, 0) is 41.9 Å². The summed E-state index contributed by atoms with van der Waals surface area (Å²) in [5, 5.41) is 0. The minimum atomic E-state index is -3.75. The van der Waals surface area contributed by atoms with Crippen molar-refractivity contribution in [3.8, 4) is 5.75 Å². The fourth-order valence-electron chi connectivity index (χ4n) is 1.02. The van der Waals surface area contributed by atoms with Crippen LogP contribution in [0.2, 0.25) is 0 Å². The second-order valence-electron chi connectivity index (χ2n) is 3.20. The van der Waals surface area contributed by atoms with Crippen molar-refractivity contribution in [1.82, 2.24) is 0 Å². The second-order valence-corrected chi connectivity index (χ2v) is 6.59. The molecule has 0 spiro atoms. The predicted molar refractivity (Wildman–Crippen MR) is 62.9 cm³/mol. The van der Waals surface area contributed by atoms with Crippen LogP contribution in [-0.2, 0) is 9.05 Å². The molecule has 0 aliphatic rings. The Hall–Kier alpha value is -0.260. The van der Waals surface area contributed by atoms with E-state index in [0.29, 0.717) is 10.2 Å². The van der Waals surface area contributed by atoms with E-state index in [1.54, 1.807) is 12.1 Å². The average molecular weight is 314 g/mol. The van der Waals surface area contributed by atoms with Gasteiger partial charge < -0.3 is 4.74 Å². The Kier molecular flexibility index (Phi) is 4.03. The van der Waals surface area contributed by atoms with Crippen LogP contribution in [-0.4, -0.2) is 14.5 Å². The van der Waals surface area contributed by atoms with E-state index in [-0.39, 0.29) is 11.0 Å². The molecule has 0 saturated carbocycles. The van der Waals surface area contributed by atoms with Gasteiger partial charge in [-0.15, -0.1) is 0 Å². The Labute approximate surface area is 102 Å². The third-order valence-corrected chi connectivity index (χ3v) is 3.85. The van der Waals surface area contributed by atoms with E-state index in [9.17, 15) is 8.42 Å². The van der Waals surface area contributed by atoms with E-state index in [1.165, 1.54) is 6.07 Å². The molecular formula is C9H10BrClO3S. The van der Waals surface area contributed by atoms with Crippen LogP contribution in [0.3, 0.4) is 0 Å². The van der Waals surface area contributed by atoms with Crippen LogP contribution in [0.5, 0.6) is 5.75 Å². The van der Waals surface area contributed by atoms with Crippen LogP contribution in [0.25, 0.3) is 0 Å². The molecule has 0 fully saturated rings. The number of hydrogen-bond acceptors (Lipinski definition) is 3. The number of hydrogen-bond donors (Lipinski definition) is 0. The SMILES string of the molecule is CC(C)Oc1ccc(Br)c(S(=O)(=O)Cl)c1. The van der Waals surface area contributed by atoms with Gasteiger partial charge in [0.25, 0.3) is 9.05 Å². The Morgan fingerprint density at radius 3 is 2.47 bits per heavy atom. The summed E-state index contributed by atoms with van der Waals surface area (Å²) in [7, 11) is 1.51.